The highest BCUT2D eigenvalue weighted by Crippen LogP contribution is 2.24. The molecule has 2 aromatic carbocycles. The molecule has 0 aliphatic rings. The summed E-state index contributed by atoms with van der Waals surface area (Å²) in [5, 5.41) is 12.4. The maximum Gasteiger partial charge on any atom is 0.265 e. The molecule has 1 atom stereocenters. The lowest BCUT2D eigenvalue weighted by atomic mass is 10.2. The standard InChI is InChI=1S/C17H19NO3/c1-11-4-7-14(8-5-11)21-13(3)17(20)18-15-9-6-12(2)10-16(15)19/h4-10,13,19H,1-3H3,(H,18,20). The highest BCUT2D eigenvalue weighted by Gasteiger charge is 2.16. The van der Waals surface area contributed by atoms with Gasteiger partial charge in [-0.1, -0.05) is 23.8 Å². The second kappa shape index (κ2) is 6.31. The van der Waals surface area contributed by atoms with Crippen LogP contribution in [-0.4, -0.2) is 17.1 Å². The number of anilines is 1. The van der Waals surface area contributed by atoms with E-state index in [1.54, 1.807) is 19.1 Å². The number of carbonyl (C=O) groups is 1. The van der Waals surface area contributed by atoms with Crippen LogP contribution >= 0.6 is 0 Å². The summed E-state index contributed by atoms with van der Waals surface area (Å²) in [5.41, 5.74) is 2.43. The molecule has 110 valence electrons. The molecule has 0 radical (unpaired) electrons. The van der Waals surface area contributed by atoms with Crippen molar-refractivity contribution in [1.82, 2.24) is 0 Å². The average Bonchev–Trinajstić information content (AvgIpc) is 2.44. The molecule has 4 nitrogen and oxygen atoms in total. The number of hydrogen-bond donors (Lipinski definition) is 2. The van der Waals surface area contributed by atoms with Gasteiger partial charge in [0.2, 0.25) is 0 Å². The SMILES string of the molecule is Cc1ccc(OC(C)C(=O)Nc2ccc(C)cc2O)cc1. The van der Waals surface area contributed by atoms with Gasteiger partial charge in [-0.15, -0.1) is 0 Å². The van der Waals surface area contributed by atoms with E-state index in [1.165, 1.54) is 0 Å². The molecule has 0 saturated carbocycles. The lowest BCUT2D eigenvalue weighted by Crippen LogP contribution is -2.30. The third-order valence-electron chi connectivity index (χ3n) is 3.11. The molecule has 0 spiro atoms. The normalized spacial score (nSPS) is 11.8. The Balaban J connectivity index is 2.00. The molecule has 2 N–H and O–H groups in total. The summed E-state index contributed by atoms with van der Waals surface area (Å²) in [7, 11) is 0. The number of phenols is 1. The van der Waals surface area contributed by atoms with Crippen molar-refractivity contribution in [3.63, 3.8) is 0 Å². The van der Waals surface area contributed by atoms with Crippen LogP contribution in [0.2, 0.25) is 0 Å². The fourth-order valence-electron chi connectivity index (χ4n) is 1.86. The van der Waals surface area contributed by atoms with E-state index >= 15 is 0 Å². The number of aromatic hydroxyl groups is 1. The van der Waals surface area contributed by atoms with E-state index in [4.69, 9.17) is 4.74 Å². The number of carbonyl (C=O) groups excluding carboxylic acids is 1. The Kier molecular flexibility index (Phi) is 4.48. The van der Waals surface area contributed by atoms with E-state index in [0.29, 0.717) is 11.4 Å². The van der Waals surface area contributed by atoms with Crippen LogP contribution in [0, 0.1) is 13.8 Å². The van der Waals surface area contributed by atoms with E-state index in [1.807, 2.05) is 44.2 Å². The molecule has 4 heteroatoms. The van der Waals surface area contributed by atoms with Gasteiger partial charge < -0.3 is 15.2 Å². The number of amides is 1. The quantitative estimate of drug-likeness (QED) is 0.846. The van der Waals surface area contributed by atoms with Crippen LogP contribution in [0.5, 0.6) is 11.5 Å². The second-order valence-electron chi connectivity index (χ2n) is 5.08. The van der Waals surface area contributed by atoms with Crippen molar-refractivity contribution in [1.29, 1.82) is 0 Å². The van der Waals surface area contributed by atoms with Crippen molar-refractivity contribution in [3.8, 4) is 11.5 Å². The predicted octanol–water partition coefficient (Wildman–Crippen LogP) is 3.42. The Hall–Kier alpha value is -2.49. The first-order valence-electron chi connectivity index (χ1n) is 6.79. The first-order chi connectivity index (χ1) is 9.95. The van der Waals surface area contributed by atoms with Gasteiger partial charge in [-0.3, -0.25) is 4.79 Å². The molecular weight excluding hydrogens is 266 g/mol. The van der Waals surface area contributed by atoms with Crippen molar-refractivity contribution in [2.45, 2.75) is 26.9 Å². The van der Waals surface area contributed by atoms with Crippen molar-refractivity contribution < 1.29 is 14.6 Å². The van der Waals surface area contributed by atoms with Crippen LogP contribution in [0.1, 0.15) is 18.1 Å². The predicted molar refractivity (Wildman–Crippen MR) is 82.7 cm³/mol. The zero-order valence-electron chi connectivity index (χ0n) is 12.4. The zero-order valence-corrected chi connectivity index (χ0v) is 12.4. The molecule has 2 rings (SSSR count). The highest BCUT2D eigenvalue weighted by atomic mass is 16.5. The fraction of sp³-hybridized carbons (Fsp3) is 0.235. The van der Waals surface area contributed by atoms with Crippen molar-refractivity contribution in [3.05, 3.63) is 53.6 Å². The van der Waals surface area contributed by atoms with Gasteiger partial charge >= 0.3 is 0 Å². The van der Waals surface area contributed by atoms with Gasteiger partial charge in [-0.2, -0.15) is 0 Å². The van der Waals surface area contributed by atoms with E-state index in [9.17, 15) is 9.90 Å². The van der Waals surface area contributed by atoms with Crippen LogP contribution < -0.4 is 10.1 Å². The number of phenolic OH excluding ortho intramolecular Hbond substituents is 1. The minimum absolute atomic E-state index is 0.0471. The number of rotatable bonds is 4. The summed E-state index contributed by atoms with van der Waals surface area (Å²) in [5.74, 6) is 0.372. The second-order valence-corrected chi connectivity index (χ2v) is 5.08. The third kappa shape index (κ3) is 3.99. The summed E-state index contributed by atoms with van der Waals surface area (Å²) >= 11 is 0. The van der Waals surface area contributed by atoms with Crippen LogP contribution in [0.25, 0.3) is 0 Å². The summed E-state index contributed by atoms with van der Waals surface area (Å²) in [4.78, 5) is 12.1. The van der Waals surface area contributed by atoms with Gasteiger partial charge in [0.1, 0.15) is 11.5 Å². The zero-order chi connectivity index (χ0) is 15.4. The van der Waals surface area contributed by atoms with E-state index in [-0.39, 0.29) is 11.7 Å². The molecule has 0 fully saturated rings. The molecule has 0 aromatic heterocycles. The molecule has 0 aliphatic heterocycles. The summed E-state index contributed by atoms with van der Waals surface area (Å²) in [6.07, 6.45) is -0.659. The molecule has 21 heavy (non-hydrogen) atoms. The van der Waals surface area contributed by atoms with Crippen molar-refractivity contribution >= 4 is 11.6 Å². The molecule has 0 heterocycles. The van der Waals surface area contributed by atoms with Crippen LogP contribution in [-0.2, 0) is 4.79 Å². The van der Waals surface area contributed by atoms with E-state index in [2.05, 4.69) is 5.32 Å². The van der Waals surface area contributed by atoms with Gasteiger partial charge in [0.25, 0.3) is 5.91 Å². The molecule has 1 amide bonds. The first kappa shape index (κ1) is 14.9. The molecular formula is C17H19NO3. The smallest absolute Gasteiger partial charge is 0.265 e. The minimum Gasteiger partial charge on any atom is -0.506 e. The molecule has 2 aromatic rings. The summed E-state index contributed by atoms with van der Waals surface area (Å²) in [6, 6.07) is 12.6. The molecule has 0 saturated heterocycles. The van der Waals surface area contributed by atoms with Crippen molar-refractivity contribution in [2.75, 3.05) is 5.32 Å². The molecule has 1 unspecified atom stereocenters. The van der Waals surface area contributed by atoms with Gasteiger partial charge in [-0.25, -0.2) is 0 Å². The average molecular weight is 285 g/mol. The summed E-state index contributed by atoms with van der Waals surface area (Å²) in [6.45, 7) is 5.52. The van der Waals surface area contributed by atoms with Crippen molar-refractivity contribution in [2.24, 2.45) is 0 Å². The molecule has 0 bridgehead atoms. The monoisotopic (exact) mass is 285 g/mol. The van der Waals surface area contributed by atoms with Gasteiger partial charge in [-0.05, 0) is 50.6 Å². The Morgan fingerprint density at radius 1 is 1.10 bits per heavy atom. The minimum atomic E-state index is -0.659. The van der Waals surface area contributed by atoms with Crippen LogP contribution in [0.4, 0.5) is 5.69 Å². The molecule has 0 aliphatic carbocycles. The topological polar surface area (TPSA) is 58.6 Å². The number of hydrogen-bond acceptors (Lipinski definition) is 3. The van der Waals surface area contributed by atoms with Gasteiger partial charge in [0.15, 0.2) is 6.10 Å². The highest BCUT2D eigenvalue weighted by molar-refractivity contribution is 5.95. The Morgan fingerprint density at radius 2 is 1.71 bits per heavy atom. The lowest BCUT2D eigenvalue weighted by molar-refractivity contribution is -0.122. The van der Waals surface area contributed by atoms with Crippen LogP contribution in [0.3, 0.4) is 0 Å². The number of nitrogens with one attached hydrogen (secondary N) is 1. The number of benzene rings is 2. The largest absolute Gasteiger partial charge is 0.506 e. The first-order valence-corrected chi connectivity index (χ1v) is 6.79. The summed E-state index contributed by atoms with van der Waals surface area (Å²) < 4.78 is 5.57. The van der Waals surface area contributed by atoms with E-state index in [0.717, 1.165) is 11.1 Å². The number of aryl methyl sites for hydroxylation is 2. The van der Waals surface area contributed by atoms with Crippen LogP contribution in [0.15, 0.2) is 42.5 Å². The lowest BCUT2D eigenvalue weighted by Gasteiger charge is -2.15. The number of ether oxygens (including phenoxy) is 1. The van der Waals surface area contributed by atoms with Gasteiger partial charge in [0.05, 0.1) is 5.69 Å². The maximum atomic E-state index is 12.1. The van der Waals surface area contributed by atoms with E-state index < -0.39 is 6.10 Å². The van der Waals surface area contributed by atoms with Gasteiger partial charge in [0, 0.05) is 0 Å². The third-order valence-corrected chi connectivity index (χ3v) is 3.11. The Morgan fingerprint density at radius 3 is 2.33 bits per heavy atom. The Bertz CT molecular complexity index is 635. The maximum absolute atomic E-state index is 12.1. The Labute approximate surface area is 124 Å². The fourth-order valence-corrected chi connectivity index (χ4v) is 1.86.